The Balaban J connectivity index is 1.58. The van der Waals surface area contributed by atoms with Gasteiger partial charge in [-0.2, -0.15) is 0 Å². The number of nitrogens with zero attached hydrogens (tertiary/aromatic N) is 2. The molecule has 0 fully saturated rings. The second-order valence-corrected chi connectivity index (χ2v) is 8.76. The smallest absolute Gasteiger partial charge is 0.223 e. The van der Waals surface area contributed by atoms with E-state index in [0.29, 0.717) is 13.2 Å². The van der Waals surface area contributed by atoms with Crippen LogP contribution in [0.2, 0.25) is 0 Å². The summed E-state index contributed by atoms with van der Waals surface area (Å²) in [6.45, 7) is 9.98. The van der Waals surface area contributed by atoms with Crippen molar-refractivity contribution in [2.45, 2.75) is 58.9 Å². The molecule has 0 radical (unpaired) electrons. The van der Waals surface area contributed by atoms with E-state index in [1.54, 1.807) is 7.11 Å². The zero-order chi connectivity index (χ0) is 25.0. The van der Waals surface area contributed by atoms with Gasteiger partial charge in [0.25, 0.3) is 0 Å². The highest BCUT2D eigenvalue weighted by atomic mass is 16.5. The maximum absolute atomic E-state index is 12.3. The molecule has 6 nitrogen and oxygen atoms in total. The molecule has 0 unspecified atom stereocenters. The quantitative estimate of drug-likeness (QED) is 0.224. The number of imidazole rings is 1. The van der Waals surface area contributed by atoms with E-state index in [9.17, 15) is 4.79 Å². The number of ether oxygens (including phenoxy) is 2. The molecular weight excluding hydrogens is 438 g/mol. The summed E-state index contributed by atoms with van der Waals surface area (Å²) in [6.07, 6.45) is 6.96. The fourth-order valence-corrected chi connectivity index (χ4v) is 4.36. The molecule has 6 heteroatoms. The summed E-state index contributed by atoms with van der Waals surface area (Å²) in [6, 6.07) is 14.2. The SMILES string of the molecule is C=CCc1ccc(OCCCn2c(CCCNC(=O)C(CC)CC)nc3ccccc32)c(OC)c1. The predicted octanol–water partition coefficient (Wildman–Crippen LogP) is 5.73. The normalized spacial score (nSPS) is 11.1. The number of hydrogen-bond donors (Lipinski definition) is 1. The van der Waals surface area contributed by atoms with Gasteiger partial charge in [-0.05, 0) is 61.9 Å². The zero-order valence-corrected chi connectivity index (χ0v) is 21.4. The number of hydrogen-bond acceptors (Lipinski definition) is 4. The Hall–Kier alpha value is -3.28. The van der Waals surface area contributed by atoms with E-state index in [1.807, 2.05) is 36.4 Å². The molecule has 0 saturated carbocycles. The van der Waals surface area contributed by atoms with Crippen LogP contribution in [0.3, 0.4) is 0 Å². The summed E-state index contributed by atoms with van der Waals surface area (Å²) in [7, 11) is 1.66. The van der Waals surface area contributed by atoms with E-state index in [1.165, 1.54) is 0 Å². The minimum atomic E-state index is 0.108. The van der Waals surface area contributed by atoms with Gasteiger partial charge in [-0.25, -0.2) is 4.98 Å². The Labute approximate surface area is 209 Å². The van der Waals surface area contributed by atoms with Crippen molar-refractivity contribution in [1.29, 1.82) is 0 Å². The van der Waals surface area contributed by atoms with Gasteiger partial charge >= 0.3 is 0 Å². The van der Waals surface area contributed by atoms with Crippen molar-refractivity contribution < 1.29 is 14.3 Å². The van der Waals surface area contributed by atoms with Crippen LogP contribution in [0.25, 0.3) is 11.0 Å². The Bertz CT molecular complexity index is 1100. The molecule has 188 valence electrons. The molecule has 1 amide bonds. The molecule has 0 spiro atoms. The number of rotatable bonds is 15. The van der Waals surface area contributed by atoms with Gasteiger partial charge in [0.15, 0.2) is 11.5 Å². The largest absolute Gasteiger partial charge is 0.493 e. The van der Waals surface area contributed by atoms with Crippen molar-refractivity contribution in [1.82, 2.24) is 14.9 Å². The third kappa shape index (κ3) is 7.10. The molecule has 1 aromatic heterocycles. The van der Waals surface area contributed by atoms with Gasteiger partial charge in [0.2, 0.25) is 5.91 Å². The fraction of sp³-hybridized carbons (Fsp3) is 0.448. The Morgan fingerprint density at radius 3 is 2.69 bits per heavy atom. The third-order valence-corrected chi connectivity index (χ3v) is 6.36. The Kier molecular flexibility index (Phi) is 10.2. The van der Waals surface area contributed by atoms with Gasteiger partial charge in [0.05, 0.1) is 24.8 Å². The van der Waals surface area contributed by atoms with Crippen molar-refractivity contribution in [2.75, 3.05) is 20.3 Å². The van der Waals surface area contributed by atoms with E-state index >= 15 is 0 Å². The van der Waals surface area contributed by atoms with Gasteiger partial charge in [-0.1, -0.05) is 38.1 Å². The van der Waals surface area contributed by atoms with Crippen molar-refractivity contribution in [3.63, 3.8) is 0 Å². The maximum Gasteiger partial charge on any atom is 0.223 e. The molecule has 35 heavy (non-hydrogen) atoms. The number of aryl methyl sites for hydroxylation is 2. The first-order chi connectivity index (χ1) is 17.1. The zero-order valence-electron chi connectivity index (χ0n) is 21.4. The molecule has 1 N–H and O–H groups in total. The molecule has 0 aliphatic heterocycles. The molecular formula is C29H39N3O3. The van der Waals surface area contributed by atoms with Crippen LogP contribution >= 0.6 is 0 Å². The third-order valence-electron chi connectivity index (χ3n) is 6.36. The van der Waals surface area contributed by atoms with Crippen LogP contribution in [0.1, 0.15) is 50.9 Å². The van der Waals surface area contributed by atoms with Gasteiger partial charge < -0.3 is 19.4 Å². The Morgan fingerprint density at radius 2 is 1.94 bits per heavy atom. The average Bonchev–Trinajstić information content (AvgIpc) is 3.23. The van der Waals surface area contributed by atoms with Gasteiger partial charge in [-0.15, -0.1) is 6.58 Å². The highest BCUT2D eigenvalue weighted by Crippen LogP contribution is 2.28. The Morgan fingerprint density at radius 1 is 1.14 bits per heavy atom. The number of nitrogens with one attached hydrogen (secondary N) is 1. The lowest BCUT2D eigenvalue weighted by Gasteiger charge is -2.14. The van der Waals surface area contributed by atoms with E-state index in [-0.39, 0.29) is 11.8 Å². The number of aromatic nitrogens is 2. The lowest BCUT2D eigenvalue weighted by atomic mass is 10.0. The molecule has 0 saturated heterocycles. The van der Waals surface area contributed by atoms with Crippen molar-refractivity contribution in [3.8, 4) is 11.5 Å². The number of para-hydroxylation sites is 2. The number of allylic oxidation sites excluding steroid dienone is 1. The highest BCUT2D eigenvalue weighted by molar-refractivity contribution is 5.78. The highest BCUT2D eigenvalue weighted by Gasteiger charge is 2.14. The van der Waals surface area contributed by atoms with Crippen LogP contribution in [-0.4, -0.2) is 35.7 Å². The van der Waals surface area contributed by atoms with Gasteiger partial charge in [0.1, 0.15) is 5.82 Å². The molecule has 2 aromatic carbocycles. The molecule has 0 aliphatic rings. The van der Waals surface area contributed by atoms with Crippen LogP contribution in [-0.2, 0) is 24.2 Å². The number of benzene rings is 2. The summed E-state index contributed by atoms with van der Waals surface area (Å²) in [4.78, 5) is 17.1. The summed E-state index contributed by atoms with van der Waals surface area (Å²) in [5, 5.41) is 3.09. The molecule has 3 aromatic rings. The van der Waals surface area contributed by atoms with Crippen LogP contribution in [0.5, 0.6) is 11.5 Å². The minimum Gasteiger partial charge on any atom is -0.493 e. The first-order valence-electron chi connectivity index (χ1n) is 12.7. The second kappa shape index (κ2) is 13.6. The summed E-state index contributed by atoms with van der Waals surface area (Å²) >= 11 is 0. The van der Waals surface area contributed by atoms with Gasteiger partial charge in [-0.3, -0.25) is 4.79 Å². The van der Waals surface area contributed by atoms with Crippen LogP contribution in [0, 0.1) is 5.92 Å². The summed E-state index contributed by atoms with van der Waals surface area (Å²) in [5.74, 6) is 2.82. The molecule has 1 heterocycles. The topological polar surface area (TPSA) is 65.4 Å². The lowest BCUT2D eigenvalue weighted by Crippen LogP contribution is -2.31. The maximum atomic E-state index is 12.3. The lowest BCUT2D eigenvalue weighted by molar-refractivity contribution is -0.125. The van der Waals surface area contributed by atoms with Crippen LogP contribution in [0.4, 0.5) is 0 Å². The van der Waals surface area contributed by atoms with Crippen molar-refractivity contribution in [2.24, 2.45) is 5.92 Å². The molecule has 0 aliphatic carbocycles. The van der Waals surface area contributed by atoms with Crippen molar-refractivity contribution >= 4 is 16.9 Å². The van der Waals surface area contributed by atoms with Gasteiger partial charge in [0, 0.05) is 25.4 Å². The number of amides is 1. The first kappa shape index (κ1) is 26.3. The number of methoxy groups -OCH3 is 1. The van der Waals surface area contributed by atoms with E-state index in [2.05, 4.69) is 42.4 Å². The molecule has 0 atom stereocenters. The minimum absolute atomic E-state index is 0.108. The number of carbonyl (C=O) groups is 1. The van der Waals surface area contributed by atoms with E-state index in [0.717, 1.165) is 79.0 Å². The summed E-state index contributed by atoms with van der Waals surface area (Å²) < 4.78 is 13.8. The second-order valence-electron chi connectivity index (χ2n) is 8.76. The van der Waals surface area contributed by atoms with Crippen LogP contribution in [0.15, 0.2) is 55.1 Å². The predicted molar refractivity (Wildman–Crippen MR) is 142 cm³/mol. The van der Waals surface area contributed by atoms with E-state index in [4.69, 9.17) is 14.5 Å². The number of carbonyl (C=O) groups excluding carboxylic acids is 1. The standard InChI is InChI=1S/C29H39N3O3/c1-5-12-22-16-17-26(27(21-22)34-4)35-20-11-19-32-25-14-9-8-13-24(25)31-28(32)15-10-18-30-29(33)23(6-2)7-3/h5,8-9,13-14,16-17,21,23H,1,6-7,10-12,15,18-20H2,2-4H3,(H,30,33). The number of fused-ring (bicyclic) bond motifs is 1. The van der Waals surface area contributed by atoms with E-state index < -0.39 is 0 Å². The molecule has 0 bridgehead atoms. The fourth-order valence-electron chi connectivity index (χ4n) is 4.36. The molecule has 3 rings (SSSR count). The monoisotopic (exact) mass is 477 g/mol. The van der Waals surface area contributed by atoms with Crippen molar-refractivity contribution in [3.05, 3.63) is 66.5 Å². The van der Waals surface area contributed by atoms with Crippen LogP contribution < -0.4 is 14.8 Å². The summed E-state index contributed by atoms with van der Waals surface area (Å²) in [5.41, 5.74) is 3.29. The first-order valence-corrected chi connectivity index (χ1v) is 12.7. The average molecular weight is 478 g/mol.